The summed E-state index contributed by atoms with van der Waals surface area (Å²) in [6.45, 7) is 0.588. The Morgan fingerprint density at radius 2 is 1.91 bits per heavy atom. The van der Waals surface area contributed by atoms with E-state index in [4.69, 9.17) is 4.74 Å². The molecule has 2 aliphatic rings. The van der Waals surface area contributed by atoms with Gasteiger partial charge in [-0.05, 0) is 48.9 Å². The molecule has 1 amide bonds. The minimum atomic E-state index is -0.827. The molecule has 118 valence electrons. The Balaban J connectivity index is 1.56. The molecule has 22 heavy (non-hydrogen) atoms. The van der Waals surface area contributed by atoms with Crippen molar-refractivity contribution in [2.24, 2.45) is 17.8 Å². The summed E-state index contributed by atoms with van der Waals surface area (Å²) in [6, 6.07) is 5.44. The van der Waals surface area contributed by atoms with Crippen molar-refractivity contribution in [2.75, 3.05) is 19.7 Å². The number of hydrogen-bond acceptors (Lipinski definition) is 3. The number of carboxylic acid groups (broad SMARTS) is 1. The number of likely N-dealkylation sites (tertiary alicyclic amines) is 1. The van der Waals surface area contributed by atoms with Gasteiger partial charge in [-0.25, -0.2) is 4.39 Å². The van der Waals surface area contributed by atoms with Crippen molar-refractivity contribution in [1.82, 2.24) is 4.90 Å². The van der Waals surface area contributed by atoms with E-state index in [1.807, 2.05) is 0 Å². The van der Waals surface area contributed by atoms with E-state index in [1.165, 1.54) is 24.3 Å². The number of carbonyl (C=O) groups is 2. The fourth-order valence-corrected chi connectivity index (χ4v) is 3.06. The Kier molecular flexibility index (Phi) is 4.00. The number of carboxylic acids is 1. The molecule has 2 atom stereocenters. The van der Waals surface area contributed by atoms with Crippen LogP contribution in [0.4, 0.5) is 4.39 Å². The zero-order chi connectivity index (χ0) is 15.7. The lowest BCUT2D eigenvalue weighted by molar-refractivity contribution is -0.142. The number of carbonyl (C=O) groups excluding carboxylic acids is 1. The van der Waals surface area contributed by atoms with Gasteiger partial charge in [0.15, 0.2) is 6.61 Å². The fraction of sp³-hybridized carbons (Fsp3) is 0.500. The maximum absolute atomic E-state index is 12.8. The van der Waals surface area contributed by atoms with Crippen molar-refractivity contribution in [3.05, 3.63) is 30.1 Å². The van der Waals surface area contributed by atoms with Gasteiger partial charge in [0.1, 0.15) is 11.6 Å². The molecule has 1 saturated carbocycles. The quantitative estimate of drug-likeness (QED) is 0.900. The molecule has 1 heterocycles. The van der Waals surface area contributed by atoms with Gasteiger partial charge >= 0.3 is 5.97 Å². The van der Waals surface area contributed by atoms with Gasteiger partial charge in [0.05, 0.1) is 5.92 Å². The largest absolute Gasteiger partial charge is 0.484 e. The highest BCUT2D eigenvalue weighted by molar-refractivity contribution is 5.80. The number of hydrogen-bond donors (Lipinski definition) is 1. The summed E-state index contributed by atoms with van der Waals surface area (Å²) in [5.74, 6) is -0.964. The molecule has 1 N–H and O–H groups in total. The number of ether oxygens (including phenoxy) is 1. The highest BCUT2D eigenvalue weighted by atomic mass is 19.1. The van der Waals surface area contributed by atoms with Gasteiger partial charge in [-0.2, -0.15) is 0 Å². The Morgan fingerprint density at radius 3 is 2.50 bits per heavy atom. The summed E-state index contributed by atoms with van der Waals surface area (Å²) < 4.78 is 18.1. The van der Waals surface area contributed by atoms with E-state index in [1.54, 1.807) is 4.90 Å². The second-order valence-electron chi connectivity index (χ2n) is 5.99. The molecule has 1 aliphatic heterocycles. The smallest absolute Gasteiger partial charge is 0.308 e. The number of nitrogens with zero attached hydrogens (tertiary/aromatic N) is 1. The maximum atomic E-state index is 12.8. The minimum Gasteiger partial charge on any atom is -0.484 e. The predicted molar refractivity (Wildman–Crippen MR) is 75.8 cm³/mol. The summed E-state index contributed by atoms with van der Waals surface area (Å²) in [6.07, 6.45) is 2.12. The van der Waals surface area contributed by atoms with Gasteiger partial charge in [0.25, 0.3) is 5.91 Å². The van der Waals surface area contributed by atoms with Crippen molar-refractivity contribution in [3.63, 3.8) is 0 Å². The van der Waals surface area contributed by atoms with Crippen molar-refractivity contribution in [1.29, 1.82) is 0 Å². The zero-order valence-electron chi connectivity index (χ0n) is 12.1. The molecule has 1 aliphatic carbocycles. The number of halogens is 1. The number of amides is 1. The molecule has 0 aromatic heterocycles. The lowest BCUT2D eigenvalue weighted by atomic mass is 9.92. The lowest BCUT2D eigenvalue weighted by Crippen LogP contribution is -2.33. The highest BCUT2D eigenvalue weighted by Gasteiger charge is 2.46. The molecule has 3 rings (SSSR count). The van der Waals surface area contributed by atoms with Crippen LogP contribution in [0.5, 0.6) is 5.75 Å². The second kappa shape index (κ2) is 5.94. The number of aliphatic carboxylic acids is 1. The summed E-state index contributed by atoms with van der Waals surface area (Å²) in [4.78, 5) is 25.1. The molecule has 2 fully saturated rings. The van der Waals surface area contributed by atoms with Crippen LogP contribution >= 0.6 is 0 Å². The third-order valence-electron chi connectivity index (χ3n) is 4.44. The van der Waals surface area contributed by atoms with E-state index < -0.39 is 11.9 Å². The van der Waals surface area contributed by atoms with E-state index in [0.717, 1.165) is 12.8 Å². The maximum Gasteiger partial charge on any atom is 0.308 e. The molecule has 5 nitrogen and oxygen atoms in total. The number of benzene rings is 1. The van der Waals surface area contributed by atoms with Crippen LogP contribution in [0, 0.1) is 23.6 Å². The highest BCUT2D eigenvalue weighted by Crippen LogP contribution is 2.44. The first-order valence-corrected chi connectivity index (χ1v) is 7.43. The molecular formula is C16H18FNO4. The van der Waals surface area contributed by atoms with E-state index in [0.29, 0.717) is 18.2 Å². The summed E-state index contributed by atoms with van der Waals surface area (Å²) in [5.41, 5.74) is 0. The van der Waals surface area contributed by atoms with Crippen molar-refractivity contribution in [3.8, 4) is 5.75 Å². The normalized spacial score (nSPS) is 24.3. The molecule has 1 aromatic rings. The molecule has 1 saturated heterocycles. The first-order valence-electron chi connectivity index (χ1n) is 7.43. The van der Waals surface area contributed by atoms with Crippen LogP contribution in [0.25, 0.3) is 0 Å². The molecule has 6 heteroatoms. The Hall–Kier alpha value is -2.11. The topological polar surface area (TPSA) is 66.8 Å². The Morgan fingerprint density at radius 1 is 1.23 bits per heavy atom. The molecular weight excluding hydrogens is 289 g/mol. The van der Waals surface area contributed by atoms with Gasteiger partial charge in [-0.3, -0.25) is 9.59 Å². The SMILES string of the molecule is O=C(O)[C@H]1CN(C(=O)COc2ccc(F)cc2)C[C@@H]1C1CC1. The van der Waals surface area contributed by atoms with Crippen LogP contribution in [0.2, 0.25) is 0 Å². The number of rotatable bonds is 5. The standard InChI is InChI=1S/C16H18FNO4/c17-11-3-5-12(6-4-11)22-9-15(19)18-7-13(10-1-2-10)14(8-18)16(20)21/h3-6,10,13-14H,1-2,7-9H2,(H,20,21)/t13-,14+/m1/s1. The van der Waals surface area contributed by atoms with Gasteiger partial charge in [0, 0.05) is 13.1 Å². The van der Waals surface area contributed by atoms with Crippen molar-refractivity contribution in [2.45, 2.75) is 12.8 Å². The van der Waals surface area contributed by atoms with Gasteiger partial charge in [-0.1, -0.05) is 0 Å². The van der Waals surface area contributed by atoms with Crippen LogP contribution in [0.15, 0.2) is 24.3 Å². The first kappa shape index (κ1) is 14.8. The third kappa shape index (κ3) is 3.21. The van der Waals surface area contributed by atoms with Crippen LogP contribution in [0.3, 0.4) is 0 Å². The van der Waals surface area contributed by atoms with Gasteiger partial charge < -0.3 is 14.7 Å². The molecule has 0 radical (unpaired) electrons. The zero-order valence-corrected chi connectivity index (χ0v) is 12.1. The van der Waals surface area contributed by atoms with Crippen LogP contribution in [-0.4, -0.2) is 41.6 Å². The fourth-order valence-electron chi connectivity index (χ4n) is 3.06. The monoisotopic (exact) mass is 307 g/mol. The van der Waals surface area contributed by atoms with Crippen molar-refractivity contribution >= 4 is 11.9 Å². The summed E-state index contributed by atoms with van der Waals surface area (Å²) >= 11 is 0. The first-order chi connectivity index (χ1) is 10.5. The molecule has 0 bridgehead atoms. The van der Waals surface area contributed by atoms with E-state index in [-0.39, 0.29) is 30.8 Å². The molecule has 1 aromatic carbocycles. The van der Waals surface area contributed by atoms with Crippen LogP contribution in [-0.2, 0) is 9.59 Å². The van der Waals surface area contributed by atoms with E-state index in [2.05, 4.69) is 0 Å². The van der Waals surface area contributed by atoms with Crippen molar-refractivity contribution < 1.29 is 23.8 Å². The van der Waals surface area contributed by atoms with Crippen LogP contribution < -0.4 is 4.74 Å². The van der Waals surface area contributed by atoms with Gasteiger partial charge in [-0.15, -0.1) is 0 Å². The van der Waals surface area contributed by atoms with Gasteiger partial charge in [0.2, 0.25) is 0 Å². The van der Waals surface area contributed by atoms with Crippen LogP contribution in [0.1, 0.15) is 12.8 Å². The van der Waals surface area contributed by atoms with E-state index >= 15 is 0 Å². The average molecular weight is 307 g/mol. The predicted octanol–water partition coefficient (Wildman–Crippen LogP) is 1.77. The Bertz CT molecular complexity index is 570. The molecule has 0 spiro atoms. The third-order valence-corrected chi connectivity index (χ3v) is 4.44. The second-order valence-corrected chi connectivity index (χ2v) is 5.99. The summed E-state index contributed by atoms with van der Waals surface area (Å²) in [5, 5.41) is 9.29. The Labute approximate surface area is 127 Å². The summed E-state index contributed by atoms with van der Waals surface area (Å²) in [7, 11) is 0. The van der Waals surface area contributed by atoms with E-state index in [9.17, 15) is 19.1 Å². The molecule has 0 unspecified atom stereocenters. The minimum absolute atomic E-state index is 0.0623. The lowest BCUT2D eigenvalue weighted by Gasteiger charge is -2.16. The average Bonchev–Trinajstić information content (AvgIpc) is 3.24.